The zero-order valence-electron chi connectivity index (χ0n) is 16.3. The lowest BCUT2D eigenvalue weighted by molar-refractivity contribution is -0.0275. The number of allylic oxidation sites excluding steroid dienone is 2. The van der Waals surface area contributed by atoms with Crippen molar-refractivity contribution in [3.05, 3.63) is 65.5 Å². The molecule has 4 rings (SSSR count). The third-order valence-corrected chi connectivity index (χ3v) is 5.57. The molecule has 6 heteroatoms. The van der Waals surface area contributed by atoms with E-state index in [0.29, 0.717) is 6.10 Å². The predicted molar refractivity (Wildman–Crippen MR) is 109 cm³/mol. The molecule has 1 atom stereocenters. The molecule has 6 nitrogen and oxygen atoms in total. The lowest BCUT2D eigenvalue weighted by Gasteiger charge is -2.34. The summed E-state index contributed by atoms with van der Waals surface area (Å²) < 4.78 is 6.65. The molecule has 0 bridgehead atoms. The standard InChI is InChI=1S/C22H29N5O/c1-3-8-18(9-4-1)22(19-10-5-2-6-11-19)28-20-13-16-27(17-14-20)15-7-12-21-23-25-26-24-21/h1,3-5,8-11,20,22H,2,6-7,12-17H2,(H,23,24,25,26). The van der Waals surface area contributed by atoms with E-state index >= 15 is 0 Å². The Morgan fingerprint density at radius 1 is 1.14 bits per heavy atom. The first-order valence-corrected chi connectivity index (χ1v) is 10.4. The topological polar surface area (TPSA) is 66.9 Å². The molecule has 1 aliphatic carbocycles. The van der Waals surface area contributed by atoms with Gasteiger partial charge in [-0.25, -0.2) is 5.10 Å². The SMILES string of the molecule is C1=CC(C(OC2CCN(CCCc3nnn[nH]3)CC2)c2ccccc2)=CCC1. The maximum Gasteiger partial charge on any atom is 0.148 e. The van der Waals surface area contributed by atoms with E-state index in [1.54, 1.807) is 0 Å². The van der Waals surface area contributed by atoms with Crippen molar-refractivity contribution in [1.29, 1.82) is 0 Å². The number of aromatic amines is 1. The quantitative estimate of drug-likeness (QED) is 0.759. The van der Waals surface area contributed by atoms with Crippen molar-refractivity contribution in [2.45, 2.75) is 50.7 Å². The Labute approximate surface area is 166 Å². The summed E-state index contributed by atoms with van der Waals surface area (Å²) in [7, 11) is 0. The third kappa shape index (κ3) is 5.14. The van der Waals surface area contributed by atoms with E-state index in [9.17, 15) is 0 Å². The van der Waals surface area contributed by atoms with Gasteiger partial charge in [0.15, 0.2) is 0 Å². The summed E-state index contributed by atoms with van der Waals surface area (Å²) in [6.07, 6.45) is 13.6. The number of tetrazole rings is 1. The summed E-state index contributed by atoms with van der Waals surface area (Å²) in [5.74, 6) is 0.873. The first kappa shape index (κ1) is 19.0. The van der Waals surface area contributed by atoms with Crippen molar-refractivity contribution in [3.63, 3.8) is 0 Å². The zero-order valence-corrected chi connectivity index (χ0v) is 16.3. The van der Waals surface area contributed by atoms with Gasteiger partial charge in [-0.3, -0.25) is 0 Å². The fourth-order valence-corrected chi connectivity index (χ4v) is 4.02. The number of ether oxygens (including phenoxy) is 1. The maximum atomic E-state index is 6.65. The van der Waals surface area contributed by atoms with Crippen LogP contribution in [0.2, 0.25) is 0 Å². The highest BCUT2D eigenvalue weighted by Gasteiger charge is 2.25. The number of hydrogen-bond acceptors (Lipinski definition) is 5. The molecule has 0 spiro atoms. The highest BCUT2D eigenvalue weighted by Crippen LogP contribution is 2.32. The number of benzene rings is 1. The molecule has 1 aliphatic heterocycles. The first-order chi connectivity index (χ1) is 13.9. The number of H-pyrrole nitrogens is 1. The van der Waals surface area contributed by atoms with Crippen molar-refractivity contribution in [2.75, 3.05) is 19.6 Å². The van der Waals surface area contributed by atoms with Gasteiger partial charge in [-0.05, 0) is 60.2 Å². The Balaban J connectivity index is 1.29. The molecular weight excluding hydrogens is 350 g/mol. The van der Waals surface area contributed by atoms with Crippen molar-refractivity contribution in [2.24, 2.45) is 0 Å². The van der Waals surface area contributed by atoms with E-state index in [1.807, 2.05) is 0 Å². The number of likely N-dealkylation sites (tertiary alicyclic amines) is 1. The maximum absolute atomic E-state index is 6.65. The summed E-state index contributed by atoms with van der Waals surface area (Å²) in [5.41, 5.74) is 2.56. The number of nitrogens with one attached hydrogen (secondary N) is 1. The second-order valence-corrected chi connectivity index (χ2v) is 7.60. The van der Waals surface area contributed by atoms with Gasteiger partial charge < -0.3 is 9.64 Å². The number of rotatable bonds is 8. The van der Waals surface area contributed by atoms with Crippen LogP contribution in [0.3, 0.4) is 0 Å². The van der Waals surface area contributed by atoms with Crippen LogP contribution in [0.5, 0.6) is 0 Å². The molecule has 148 valence electrons. The van der Waals surface area contributed by atoms with Crippen LogP contribution < -0.4 is 0 Å². The van der Waals surface area contributed by atoms with Gasteiger partial charge in [-0.2, -0.15) is 0 Å². The van der Waals surface area contributed by atoms with Crippen LogP contribution >= 0.6 is 0 Å². The Morgan fingerprint density at radius 2 is 2.00 bits per heavy atom. The zero-order chi connectivity index (χ0) is 19.0. The van der Waals surface area contributed by atoms with Gasteiger partial charge in [-0.1, -0.05) is 48.6 Å². The second-order valence-electron chi connectivity index (χ2n) is 7.60. The predicted octanol–water partition coefficient (Wildman–Crippen LogP) is 3.63. The van der Waals surface area contributed by atoms with E-state index in [-0.39, 0.29) is 6.10 Å². The summed E-state index contributed by atoms with van der Waals surface area (Å²) >= 11 is 0. The summed E-state index contributed by atoms with van der Waals surface area (Å²) in [5, 5.41) is 14.0. The van der Waals surface area contributed by atoms with E-state index in [1.165, 1.54) is 11.1 Å². The molecular formula is C22H29N5O. The number of hydrogen-bond donors (Lipinski definition) is 1. The third-order valence-electron chi connectivity index (χ3n) is 5.57. The Kier molecular flexibility index (Phi) is 6.63. The fourth-order valence-electron chi connectivity index (χ4n) is 4.02. The van der Waals surface area contributed by atoms with Crippen LogP contribution in [0.25, 0.3) is 0 Å². The molecule has 1 fully saturated rings. The minimum Gasteiger partial charge on any atom is -0.365 e. The van der Waals surface area contributed by atoms with Gasteiger partial charge in [-0.15, -0.1) is 5.10 Å². The highest BCUT2D eigenvalue weighted by molar-refractivity contribution is 5.34. The largest absolute Gasteiger partial charge is 0.365 e. The molecule has 1 unspecified atom stereocenters. The van der Waals surface area contributed by atoms with Crippen LogP contribution in [-0.2, 0) is 11.2 Å². The summed E-state index contributed by atoms with van der Waals surface area (Å²) in [4.78, 5) is 2.53. The normalized spacial score (nSPS) is 19.5. The van der Waals surface area contributed by atoms with Gasteiger partial charge >= 0.3 is 0 Å². The molecule has 2 heterocycles. The number of aromatic nitrogens is 4. The van der Waals surface area contributed by atoms with E-state index in [0.717, 1.165) is 64.0 Å². The summed E-state index contributed by atoms with van der Waals surface area (Å²) in [6, 6.07) is 10.6. The highest BCUT2D eigenvalue weighted by atomic mass is 16.5. The monoisotopic (exact) mass is 379 g/mol. The van der Waals surface area contributed by atoms with Gasteiger partial charge in [0.25, 0.3) is 0 Å². The lowest BCUT2D eigenvalue weighted by atomic mass is 9.96. The van der Waals surface area contributed by atoms with Crippen LogP contribution in [0.15, 0.2) is 54.1 Å². The van der Waals surface area contributed by atoms with Crippen molar-refractivity contribution in [1.82, 2.24) is 25.5 Å². The lowest BCUT2D eigenvalue weighted by Crippen LogP contribution is -2.38. The Hall–Kier alpha value is -2.31. The smallest absolute Gasteiger partial charge is 0.148 e. The minimum atomic E-state index is 0.0493. The second kappa shape index (κ2) is 9.75. The molecule has 1 aromatic heterocycles. The first-order valence-electron chi connectivity index (χ1n) is 10.4. The average Bonchev–Trinajstić information content (AvgIpc) is 3.28. The van der Waals surface area contributed by atoms with Gasteiger partial charge in [0.05, 0.1) is 6.10 Å². The molecule has 2 aliphatic rings. The van der Waals surface area contributed by atoms with E-state index in [2.05, 4.69) is 74.1 Å². The van der Waals surface area contributed by atoms with Crippen LogP contribution in [-0.4, -0.2) is 51.3 Å². The molecule has 2 aromatic rings. The number of piperidine rings is 1. The molecule has 0 radical (unpaired) electrons. The van der Waals surface area contributed by atoms with Crippen LogP contribution in [0.1, 0.15) is 49.6 Å². The molecule has 0 saturated carbocycles. The van der Waals surface area contributed by atoms with Crippen molar-refractivity contribution < 1.29 is 4.74 Å². The van der Waals surface area contributed by atoms with Crippen LogP contribution in [0, 0.1) is 0 Å². The summed E-state index contributed by atoms with van der Waals surface area (Å²) in [6.45, 7) is 3.27. The van der Waals surface area contributed by atoms with Crippen LogP contribution in [0.4, 0.5) is 0 Å². The Morgan fingerprint density at radius 3 is 2.71 bits per heavy atom. The number of nitrogens with zero attached hydrogens (tertiary/aromatic N) is 4. The molecule has 1 aromatic carbocycles. The molecule has 0 amide bonds. The minimum absolute atomic E-state index is 0.0493. The molecule has 1 N–H and O–H groups in total. The van der Waals surface area contributed by atoms with E-state index < -0.39 is 0 Å². The van der Waals surface area contributed by atoms with Crippen molar-refractivity contribution in [3.8, 4) is 0 Å². The Bertz CT molecular complexity index is 763. The van der Waals surface area contributed by atoms with Crippen molar-refractivity contribution >= 4 is 0 Å². The molecule has 1 saturated heterocycles. The molecule has 28 heavy (non-hydrogen) atoms. The van der Waals surface area contributed by atoms with Gasteiger partial charge in [0, 0.05) is 19.5 Å². The van der Waals surface area contributed by atoms with Gasteiger partial charge in [0.1, 0.15) is 11.9 Å². The number of aryl methyl sites for hydroxylation is 1. The average molecular weight is 380 g/mol. The van der Waals surface area contributed by atoms with E-state index in [4.69, 9.17) is 4.74 Å². The fraction of sp³-hybridized carbons (Fsp3) is 0.500. The van der Waals surface area contributed by atoms with Gasteiger partial charge in [0.2, 0.25) is 0 Å².